The van der Waals surface area contributed by atoms with Crippen LogP contribution in [0.15, 0.2) is 22.8 Å². The minimum absolute atomic E-state index is 0.416. The second-order valence-electron chi connectivity index (χ2n) is 2.44. The molecule has 62 valence electrons. The van der Waals surface area contributed by atoms with Crippen LogP contribution < -0.4 is 0 Å². The first-order chi connectivity index (χ1) is 5.25. The Morgan fingerprint density at radius 3 is 2.73 bits per heavy atom. The maximum absolute atomic E-state index is 9.33. The van der Waals surface area contributed by atoms with E-state index in [9.17, 15) is 10.2 Å². The van der Waals surface area contributed by atoms with E-state index in [4.69, 9.17) is 4.42 Å². The van der Waals surface area contributed by atoms with Crippen molar-refractivity contribution in [2.45, 2.75) is 25.6 Å². The molecule has 0 aliphatic rings. The van der Waals surface area contributed by atoms with Crippen LogP contribution in [-0.4, -0.2) is 16.3 Å². The molecular formula is C8H12O3. The molecule has 2 N–H and O–H groups in total. The Labute approximate surface area is 65.3 Å². The average molecular weight is 156 g/mol. The van der Waals surface area contributed by atoms with Crippen molar-refractivity contribution in [3.63, 3.8) is 0 Å². The molecule has 3 heteroatoms. The largest absolute Gasteiger partial charge is 0.466 e. The second-order valence-corrected chi connectivity index (χ2v) is 2.44. The van der Waals surface area contributed by atoms with Crippen molar-refractivity contribution in [3.8, 4) is 0 Å². The van der Waals surface area contributed by atoms with Crippen LogP contribution >= 0.6 is 0 Å². The Hall–Kier alpha value is -0.800. The highest BCUT2D eigenvalue weighted by Crippen LogP contribution is 2.18. The zero-order valence-corrected chi connectivity index (χ0v) is 6.40. The minimum Gasteiger partial charge on any atom is -0.466 e. The number of aliphatic hydroxyl groups is 2. The monoisotopic (exact) mass is 156 g/mol. The number of aliphatic hydroxyl groups excluding tert-OH is 2. The molecule has 3 nitrogen and oxygen atoms in total. The molecule has 0 saturated carbocycles. The van der Waals surface area contributed by atoms with Gasteiger partial charge in [0, 0.05) is 0 Å². The zero-order valence-electron chi connectivity index (χ0n) is 6.40. The summed E-state index contributed by atoms with van der Waals surface area (Å²) in [5.41, 5.74) is 0. The maximum atomic E-state index is 9.33. The highest BCUT2D eigenvalue weighted by molar-refractivity contribution is 5.03. The van der Waals surface area contributed by atoms with Crippen LogP contribution in [0.2, 0.25) is 0 Å². The SMILES string of the molecule is CC[C@H](O)[C@H](O)c1ccco1. The predicted octanol–water partition coefficient (Wildman–Crippen LogP) is 1.08. The Kier molecular flexibility index (Phi) is 2.68. The van der Waals surface area contributed by atoms with Crippen molar-refractivity contribution in [2.75, 3.05) is 0 Å². The zero-order chi connectivity index (χ0) is 8.27. The minimum atomic E-state index is -0.894. The lowest BCUT2D eigenvalue weighted by Gasteiger charge is -2.12. The van der Waals surface area contributed by atoms with Gasteiger partial charge in [-0.25, -0.2) is 0 Å². The summed E-state index contributed by atoms with van der Waals surface area (Å²) >= 11 is 0. The highest BCUT2D eigenvalue weighted by Gasteiger charge is 2.18. The number of furan rings is 1. The first kappa shape index (κ1) is 8.30. The second kappa shape index (κ2) is 3.55. The van der Waals surface area contributed by atoms with E-state index in [1.165, 1.54) is 6.26 Å². The molecule has 1 heterocycles. The molecule has 0 unspecified atom stereocenters. The molecule has 0 bridgehead atoms. The van der Waals surface area contributed by atoms with E-state index in [2.05, 4.69) is 0 Å². The quantitative estimate of drug-likeness (QED) is 0.688. The fourth-order valence-electron chi connectivity index (χ4n) is 0.872. The van der Waals surface area contributed by atoms with Gasteiger partial charge in [-0.2, -0.15) is 0 Å². The molecular weight excluding hydrogens is 144 g/mol. The molecule has 0 radical (unpaired) electrons. The van der Waals surface area contributed by atoms with E-state index in [1.54, 1.807) is 19.1 Å². The van der Waals surface area contributed by atoms with Gasteiger partial charge in [0.25, 0.3) is 0 Å². The summed E-state index contributed by atoms with van der Waals surface area (Å²) in [6, 6.07) is 3.32. The Bertz CT molecular complexity index is 193. The molecule has 0 spiro atoms. The molecule has 1 rings (SSSR count). The molecule has 0 fully saturated rings. The lowest BCUT2D eigenvalue weighted by atomic mass is 10.1. The van der Waals surface area contributed by atoms with Crippen LogP contribution in [0.1, 0.15) is 25.2 Å². The Morgan fingerprint density at radius 2 is 2.27 bits per heavy atom. The van der Waals surface area contributed by atoms with Gasteiger partial charge >= 0.3 is 0 Å². The van der Waals surface area contributed by atoms with E-state index in [-0.39, 0.29) is 0 Å². The van der Waals surface area contributed by atoms with Crippen molar-refractivity contribution in [2.24, 2.45) is 0 Å². The van der Waals surface area contributed by atoms with E-state index in [1.807, 2.05) is 0 Å². The summed E-state index contributed by atoms with van der Waals surface area (Å²) in [4.78, 5) is 0. The van der Waals surface area contributed by atoms with Crippen molar-refractivity contribution in [3.05, 3.63) is 24.2 Å². The van der Waals surface area contributed by atoms with Crippen LogP contribution in [0, 0.1) is 0 Å². The molecule has 0 saturated heterocycles. The van der Waals surface area contributed by atoms with Crippen molar-refractivity contribution < 1.29 is 14.6 Å². The molecule has 1 aromatic heterocycles. The molecule has 2 atom stereocenters. The third-order valence-corrected chi connectivity index (χ3v) is 1.62. The summed E-state index contributed by atoms with van der Waals surface area (Å²) in [7, 11) is 0. The van der Waals surface area contributed by atoms with Gasteiger partial charge in [0.15, 0.2) is 0 Å². The fraction of sp³-hybridized carbons (Fsp3) is 0.500. The molecule has 1 aromatic rings. The third-order valence-electron chi connectivity index (χ3n) is 1.62. The summed E-state index contributed by atoms with van der Waals surface area (Å²) < 4.78 is 4.91. The van der Waals surface area contributed by atoms with Crippen LogP contribution in [0.4, 0.5) is 0 Å². The van der Waals surface area contributed by atoms with Gasteiger partial charge in [-0.05, 0) is 18.6 Å². The molecule has 0 aliphatic carbocycles. The summed E-state index contributed by atoms with van der Waals surface area (Å²) in [5, 5.41) is 18.5. The van der Waals surface area contributed by atoms with Gasteiger partial charge in [-0.1, -0.05) is 6.92 Å². The van der Waals surface area contributed by atoms with E-state index in [0.29, 0.717) is 12.2 Å². The van der Waals surface area contributed by atoms with Gasteiger partial charge in [-0.15, -0.1) is 0 Å². The van der Waals surface area contributed by atoms with Crippen LogP contribution in [0.3, 0.4) is 0 Å². The van der Waals surface area contributed by atoms with Gasteiger partial charge in [0.1, 0.15) is 11.9 Å². The summed E-state index contributed by atoms with van der Waals surface area (Å²) in [6.45, 7) is 1.80. The van der Waals surface area contributed by atoms with Crippen molar-refractivity contribution >= 4 is 0 Å². The van der Waals surface area contributed by atoms with Crippen molar-refractivity contribution in [1.29, 1.82) is 0 Å². The van der Waals surface area contributed by atoms with Gasteiger partial charge in [-0.3, -0.25) is 0 Å². The van der Waals surface area contributed by atoms with Gasteiger partial charge < -0.3 is 14.6 Å². The Balaban J connectivity index is 2.62. The average Bonchev–Trinajstić information content (AvgIpc) is 2.53. The van der Waals surface area contributed by atoms with Crippen LogP contribution in [-0.2, 0) is 0 Å². The number of hydrogen-bond acceptors (Lipinski definition) is 3. The predicted molar refractivity (Wildman–Crippen MR) is 40.0 cm³/mol. The fourth-order valence-corrected chi connectivity index (χ4v) is 0.872. The van der Waals surface area contributed by atoms with E-state index in [0.717, 1.165) is 0 Å². The van der Waals surface area contributed by atoms with Crippen LogP contribution in [0.25, 0.3) is 0 Å². The number of hydrogen-bond donors (Lipinski definition) is 2. The van der Waals surface area contributed by atoms with Crippen LogP contribution in [0.5, 0.6) is 0 Å². The Morgan fingerprint density at radius 1 is 1.55 bits per heavy atom. The lowest BCUT2D eigenvalue weighted by molar-refractivity contribution is 0.00377. The third kappa shape index (κ3) is 1.82. The normalized spacial score (nSPS) is 16.3. The van der Waals surface area contributed by atoms with Crippen molar-refractivity contribution in [1.82, 2.24) is 0 Å². The molecule has 0 amide bonds. The molecule has 0 aromatic carbocycles. The van der Waals surface area contributed by atoms with Gasteiger partial charge in [0.2, 0.25) is 0 Å². The highest BCUT2D eigenvalue weighted by atomic mass is 16.4. The molecule has 11 heavy (non-hydrogen) atoms. The maximum Gasteiger partial charge on any atom is 0.137 e. The smallest absolute Gasteiger partial charge is 0.137 e. The standard InChI is InChI=1S/C8H12O3/c1-2-6(9)8(10)7-4-3-5-11-7/h3-6,8-10H,2H2,1H3/t6-,8-/m0/s1. The summed E-state index contributed by atoms with van der Waals surface area (Å²) in [5.74, 6) is 0.416. The first-order valence-electron chi connectivity index (χ1n) is 3.65. The van der Waals surface area contributed by atoms with E-state index >= 15 is 0 Å². The topological polar surface area (TPSA) is 53.6 Å². The number of rotatable bonds is 3. The summed E-state index contributed by atoms with van der Waals surface area (Å²) in [6.07, 6.45) is 0.360. The lowest BCUT2D eigenvalue weighted by Crippen LogP contribution is -2.16. The van der Waals surface area contributed by atoms with E-state index < -0.39 is 12.2 Å². The van der Waals surface area contributed by atoms with Gasteiger partial charge in [0.05, 0.1) is 12.4 Å². The molecule has 0 aliphatic heterocycles. The first-order valence-corrected chi connectivity index (χ1v) is 3.65.